The van der Waals surface area contributed by atoms with Crippen LogP contribution in [0.2, 0.25) is 10.0 Å². The first-order valence-corrected chi connectivity index (χ1v) is 13.8. The quantitative estimate of drug-likeness (QED) is 0.387. The van der Waals surface area contributed by atoms with Crippen molar-refractivity contribution in [3.8, 4) is 0 Å². The fourth-order valence-electron chi connectivity index (χ4n) is 3.97. The highest BCUT2D eigenvalue weighted by Crippen LogP contribution is 2.39. The van der Waals surface area contributed by atoms with E-state index < -0.39 is 28.4 Å². The molecule has 1 aromatic heterocycles. The van der Waals surface area contributed by atoms with Crippen LogP contribution in [0.15, 0.2) is 53.4 Å². The van der Waals surface area contributed by atoms with Crippen LogP contribution in [0.25, 0.3) is 0 Å². The SMILES string of the molecule is COC(=O)c1c(NC(=O)CN(c2cccc(Cl)c2Cl)S(=O)(=O)c2ccccc2)sc2c1CCCC2. The number of fused-ring (bicyclic) bond motifs is 1. The van der Waals surface area contributed by atoms with Gasteiger partial charge in [-0.25, -0.2) is 13.2 Å². The Morgan fingerprint density at radius 2 is 1.77 bits per heavy atom. The molecule has 7 nitrogen and oxygen atoms in total. The largest absolute Gasteiger partial charge is 0.465 e. The van der Waals surface area contributed by atoms with Crippen LogP contribution in [-0.2, 0) is 32.4 Å². The zero-order valence-electron chi connectivity index (χ0n) is 18.7. The van der Waals surface area contributed by atoms with Crippen molar-refractivity contribution in [1.82, 2.24) is 0 Å². The molecule has 0 unspecified atom stereocenters. The van der Waals surface area contributed by atoms with E-state index in [-0.39, 0.29) is 20.6 Å². The first-order chi connectivity index (χ1) is 16.7. The lowest BCUT2D eigenvalue weighted by molar-refractivity contribution is -0.114. The number of carbonyl (C=O) groups is 2. The summed E-state index contributed by atoms with van der Waals surface area (Å²) in [5.74, 6) is -1.17. The molecular formula is C24H22Cl2N2O5S2. The number of nitrogens with zero attached hydrogens (tertiary/aromatic N) is 1. The van der Waals surface area contributed by atoms with E-state index in [9.17, 15) is 18.0 Å². The molecule has 0 bridgehead atoms. The van der Waals surface area contributed by atoms with Gasteiger partial charge in [0.25, 0.3) is 10.0 Å². The summed E-state index contributed by atoms with van der Waals surface area (Å²) in [6, 6.07) is 12.3. The highest BCUT2D eigenvalue weighted by molar-refractivity contribution is 7.92. The van der Waals surface area contributed by atoms with E-state index in [2.05, 4.69) is 5.32 Å². The third kappa shape index (κ3) is 5.18. The van der Waals surface area contributed by atoms with Gasteiger partial charge in [-0.2, -0.15) is 0 Å². The van der Waals surface area contributed by atoms with E-state index in [0.29, 0.717) is 10.6 Å². The summed E-state index contributed by atoms with van der Waals surface area (Å²) in [5, 5.41) is 3.24. The van der Waals surface area contributed by atoms with Gasteiger partial charge in [-0.05, 0) is 55.5 Å². The van der Waals surface area contributed by atoms with Gasteiger partial charge in [0.15, 0.2) is 0 Å². The molecule has 0 aliphatic heterocycles. The normalized spacial score (nSPS) is 13.1. The van der Waals surface area contributed by atoms with Crippen molar-refractivity contribution in [3.63, 3.8) is 0 Å². The number of thiophene rings is 1. The fraction of sp³-hybridized carbons (Fsp3) is 0.250. The molecule has 35 heavy (non-hydrogen) atoms. The number of ether oxygens (including phenoxy) is 1. The highest BCUT2D eigenvalue weighted by atomic mass is 35.5. The number of anilines is 2. The minimum Gasteiger partial charge on any atom is -0.465 e. The fourth-order valence-corrected chi connectivity index (χ4v) is 7.17. The first kappa shape index (κ1) is 25.5. The van der Waals surface area contributed by atoms with E-state index in [1.54, 1.807) is 24.3 Å². The van der Waals surface area contributed by atoms with E-state index >= 15 is 0 Å². The second-order valence-corrected chi connectivity index (χ2v) is 11.6. The number of esters is 1. The number of rotatable bonds is 7. The number of halogens is 2. The number of benzene rings is 2. The van der Waals surface area contributed by atoms with Crippen LogP contribution in [0.4, 0.5) is 10.7 Å². The van der Waals surface area contributed by atoms with Gasteiger partial charge < -0.3 is 10.1 Å². The summed E-state index contributed by atoms with van der Waals surface area (Å²) in [7, 11) is -2.89. The Balaban J connectivity index is 1.71. The Bertz CT molecular complexity index is 1370. The van der Waals surface area contributed by atoms with Crippen molar-refractivity contribution in [1.29, 1.82) is 0 Å². The van der Waals surface area contributed by atoms with Gasteiger partial charge in [-0.3, -0.25) is 9.10 Å². The second kappa shape index (κ2) is 10.6. The monoisotopic (exact) mass is 552 g/mol. The summed E-state index contributed by atoms with van der Waals surface area (Å²) >= 11 is 13.8. The van der Waals surface area contributed by atoms with Crippen molar-refractivity contribution in [2.75, 3.05) is 23.3 Å². The molecule has 0 fully saturated rings. The van der Waals surface area contributed by atoms with Crippen molar-refractivity contribution >= 4 is 67.1 Å². The lowest BCUT2D eigenvalue weighted by atomic mass is 9.95. The molecule has 1 aliphatic rings. The molecule has 11 heteroatoms. The van der Waals surface area contributed by atoms with Crippen LogP contribution in [0.1, 0.15) is 33.6 Å². The maximum absolute atomic E-state index is 13.5. The van der Waals surface area contributed by atoms with E-state index in [4.69, 9.17) is 27.9 Å². The lowest BCUT2D eigenvalue weighted by Crippen LogP contribution is -2.38. The molecule has 0 saturated heterocycles. The molecule has 1 N–H and O–H groups in total. The standard InChI is InChI=1S/C24H22Cl2N2O5S2/c1-33-24(30)21-16-10-5-6-13-19(16)34-23(21)27-20(29)14-28(18-12-7-11-17(25)22(18)26)35(31,32)15-8-3-2-4-9-15/h2-4,7-9,11-12H,5-6,10,13-14H2,1H3,(H,27,29). The Morgan fingerprint density at radius 3 is 2.49 bits per heavy atom. The Hall–Kier alpha value is -2.59. The average molecular weight is 553 g/mol. The van der Waals surface area contributed by atoms with Crippen molar-refractivity contribution < 1.29 is 22.7 Å². The van der Waals surface area contributed by atoms with Gasteiger partial charge in [-0.1, -0.05) is 47.5 Å². The summed E-state index contributed by atoms with van der Waals surface area (Å²) in [4.78, 5) is 26.7. The predicted molar refractivity (Wildman–Crippen MR) is 138 cm³/mol. The van der Waals surface area contributed by atoms with Crippen molar-refractivity contribution in [3.05, 3.63) is 74.6 Å². The van der Waals surface area contributed by atoms with Crippen LogP contribution in [0.5, 0.6) is 0 Å². The molecule has 184 valence electrons. The van der Waals surface area contributed by atoms with Crippen LogP contribution in [-0.4, -0.2) is 33.9 Å². The summed E-state index contributed by atoms with van der Waals surface area (Å²) in [6.07, 6.45) is 3.47. The first-order valence-electron chi connectivity index (χ1n) is 10.8. The van der Waals surface area contributed by atoms with Crippen LogP contribution in [0.3, 0.4) is 0 Å². The Morgan fingerprint density at radius 1 is 1.06 bits per heavy atom. The summed E-state index contributed by atoms with van der Waals surface area (Å²) in [5.41, 5.74) is 1.28. The number of carbonyl (C=O) groups excluding carboxylic acids is 2. The molecule has 3 aromatic rings. The van der Waals surface area contributed by atoms with Crippen molar-refractivity contribution in [2.24, 2.45) is 0 Å². The molecule has 0 atom stereocenters. The molecule has 1 aliphatic carbocycles. The van der Waals surface area contributed by atoms with Crippen LogP contribution < -0.4 is 9.62 Å². The number of amides is 1. The number of sulfonamides is 1. The maximum atomic E-state index is 13.5. The Kier molecular flexibility index (Phi) is 7.70. The third-order valence-electron chi connectivity index (χ3n) is 5.63. The van der Waals surface area contributed by atoms with Crippen LogP contribution in [0, 0.1) is 0 Å². The number of nitrogens with one attached hydrogen (secondary N) is 1. The highest BCUT2D eigenvalue weighted by Gasteiger charge is 2.31. The molecular weight excluding hydrogens is 531 g/mol. The zero-order valence-corrected chi connectivity index (χ0v) is 21.9. The molecule has 0 radical (unpaired) electrons. The van der Waals surface area contributed by atoms with Crippen LogP contribution >= 0.6 is 34.5 Å². The van der Waals surface area contributed by atoms with Gasteiger partial charge in [0.2, 0.25) is 5.91 Å². The van der Waals surface area contributed by atoms with Gasteiger partial charge >= 0.3 is 5.97 Å². The predicted octanol–water partition coefficient (Wildman–Crippen LogP) is 5.55. The number of methoxy groups -OCH3 is 1. The molecule has 4 rings (SSSR count). The number of aryl methyl sites for hydroxylation is 1. The van der Waals surface area contributed by atoms with E-state index in [1.807, 2.05) is 0 Å². The van der Waals surface area contributed by atoms with Gasteiger partial charge in [0.1, 0.15) is 11.5 Å². The molecule has 1 heterocycles. The minimum atomic E-state index is -4.17. The smallest absolute Gasteiger partial charge is 0.341 e. The molecule has 2 aromatic carbocycles. The minimum absolute atomic E-state index is 0.00307. The topological polar surface area (TPSA) is 92.8 Å². The third-order valence-corrected chi connectivity index (χ3v) is 9.42. The average Bonchev–Trinajstić information content (AvgIpc) is 3.22. The van der Waals surface area contributed by atoms with Gasteiger partial charge in [0.05, 0.1) is 33.3 Å². The molecule has 1 amide bonds. The summed E-state index contributed by atoms with van der Waals surface area (Å²) in [6.45, 7) is -0.583. The van der Waals surface area contributed by atoms with Crippen molar-refractivity contribution in [2.45, 2.75) is 30.6 Å². The number of hydrogen-bond acceptors (Lipinski definition) is 6. The van der Waals surface area contributed by atoms with E-state index in [1.165, 1.54) is 42.7 Å². The number of hydrogen-bond donors (Lipinski definition) is 1. The van der Waals surface area contributed by atoms with Gasteiger partial charge in [-0.15, -0.1) is 11.3 Å². The zero-order chi connectivity index (χ0) is 25.2. The van der Waals surface area contributed by atoms with Gasteiger partial charge in [0, 0.05) is 4.88 Å². The molecule has 0 spiro atoms. The Labute approximate surface area is 217 Å². The lowest BCUT2D eigenvalue weighted by Gasteiger charge is -2.25. The maximum Gasteiger partial charge on any atom is 0.341 e. The summed E-state index contributed by atoms with van der Waals surface area (Å²) < 4.78 is 32.9. The van der Waals surface area contributed by atoms with E-state index in [0.717, 1.165) is 40.4 Å². The second-order valence-electron chi connectivity index (χ2n) is 7.85. The molecule has 0 saturated carbocycles.